The molecule has 1 saturated carbocycles. The van der Waals surface area contributed by atoms with E-state index in [1.807, 2.05) is 0 Å². The topological polar surface area (TPSA) is 57.0 Å². The Morgan fingerprint density at radius 2 is 2.28 bits per heavy atom. The van der Waals surface area contributed by atoms with Gasteiger partial charge in [0.05, 0.1) is 6.07 Å². The van der Waals surface area contributed by atoms with Crippen LogP contribution in [0.2, 0.25) is 5.15 Å². The molecule has 18 heavy (non-hydrogen) atoms. The smallest absolute Gasteiger partial charge is 0.255 e. The molecule has 1 aliphatic rings. The second-order valence-electron chi connectivity index (χ2n) is 4.94. The molecule has 1 aliphatic carbocycles. The molecule has 2 rings (SSSR count). The van der Waals surface area contributed by atoms with E-state index < -0.39 is 5.54 Å². The summed E-state index contributed by atoms with van der Waals surface area (Å²) in [7, 11) is 0. The van der Waals surface area contributed by atoms with Crippen LogP contribution in [0.4, 0.5) is 0 Å². The first-order valence-corrected chi connectivity index (χ1v) is 6.20. The predicted octanol–water partition coefficient (Wildman–Crippen LogP) is 2.64. The summed E-state index contributed by atoms with van der Waals surface area (Å²) in [6.45, 7) is 3.51. The summed E-state index contributed by atoms with van der Waals surface area (Å²) in [5.74, 6) is -0.159. The van der Waals surface area contributed by atoms with Gasteiger partial charge in [-0.1, -0.05) is 11.6 Å². The lowest BCUT2D eigenvalue weighted by molar-refractivity contribution is 0.0615. The molecular weight excluding hydrogens is 250 g/mol. The second-order valence-corrected chi connectivity index (χ2v) is 5.33. The maximum atomic E-state index is 12.5. The highest BCUT2D eigenvalue weighted by molar-refractivity contribution is 6.29. The fourth-order valence-electron chi connectivity index (χ4n) is 1.94. The lowest BCUT2D eigenvalue weighted by Crippen LogP contribution is -2.48. The van der Waals surface area contributed by atoms with Crippen LogP contribution in [-0.4, -0.2) is 27.4 Å². The molecule has 0 aromatic carbocycles. The van der Waals surface area contributed by atoms with Gasteiger partial charge in [-0.15, -0.1) is 0 Å². The molecule has 0 N–H and O–H groups in total. The van der Waals surface area contributed by atoms with Crippen LogP contribution in [0.15, 0.2) is 18.3 Å². The average Bonchev–Trinajstić information content (AvgIpc) is 3.13. The highest BCUT2D eigenvalue weighted by atomic mass is 35.5. The molecule has 4 nitrogen and oxygen atoms in total. The molecule has 0 atom stereocenters. The number of rotatable bonds is 3. The number of nitrogens with zero attached hydrogens (tertiary/aromatic N) is 3. The van der Waals surface area contributed by atoms with Gasteiger partial charge in [0.25, 0.3) is 5.91 Å². The van der Waals surface area contributed by atoms with Crippen LogP contribution < -0.4 is 0 Å². The molecule has 5 heteroatoms. The van der Waals surface area contributed by atoms with Crippen molar-refractivity contribution < 1.29 is 4.79 Å². The number of halogens is 1. The van der Waals surface area contributed by atoms with Crippen molar-refractivity contribution >= 4 is 17.5 Å². The van der Waals surface area contributed by atoms with Crippen molar-refractivity contribution in [2.75, 3.05) is 0 Å². The van der Waals surface area contributed by atoms with Crippen LogP contribution in [0.1, 0.15) is 37.0 Å². The Morgan fingerprint density at radius 3 is 2.78 bits per heavy atom. The van der Waals surface area contributed by atoms with E-state index in [4.69, 9.17) is 11.6 Å². The van der Waals surface area contributed by atoms with E-state index in [1.54, 1.807) is 24.8 Å². The Hall–Kier alpha value is -1.60. The minimum Gasteiger partial charge on any atom is -0.317 e. The minimum absolute atomic E-state index is 0.159. The van der Waals surface area contributed by atoms with Gasteiger partial charge in [0.15, 0.2) is 0 Å². The van der Waals surface area contributed by atoms with Gasteiger partial charge in [-0.2, -0.15) is 5.26 Å². The monoisotopic (exact) mass is 263 g/mol. The fourth-order valence-corrected chi connectivity index (χ4v) is 2.11. The molecule has 0 radical (unpaired) electrons. The maximum absolute atomic E-state index is 12.5. The first kappa shape index (κ1) is 12.8. The number of amides is 1. The molecule has 0 spiro atoms. The highest BCUT2D eigenvalue weighted by Gasteiger charge is 2.42. The normalized spacial score (nSPS) is 15.0. The third-order valence-electron chi connectivity index (χ3n) is 2.98. The number of hydrogen-bond donors (Lipinski definition) is 0. The Balaban J connectivity index is 2.33. The van der Waals surface area contributed by atoms with Gasteiger partial charge < -0.3 is 4.90 Å². The van der Waals surface area contributed by atoms with Gasteiger partial charge in [-0.05, 0) is 38.8 Å². The van der Waals surface area contributed by atoms with E-state index >= 15 is 0 Å². The van der Waals surface area contributed by atoms with E-state index in [2.05, 4.69) is 11.1 Å². The second kappa shape index (κ2) is 4.58. The van der Waals surface area contributed by atoms with Crippen molar-refractivity contribution in [3.8, 4) is 6.07 Å². The summed E-state index contributed by atoms with van der Waals surface area (Å²) < 4.78 is 0. The van der Waals surface area contributed by atoms with Gasteiger partial charge in [0, 0.05) is 17.8 Å². The van der Waals surface area contributed by atoms with Crippen LogP contribution in [0.3, 0.4) is 0 Å². The lowest BCUT2D eigenvalue weighted by Gasteiger charge is -2.33. The van der Waals surface area contributed by atoms with E-state index in [0.717, 1.165) is 12.8 Å². The van der Waals surface area contributed by atoms with Crippen LogP contribution >= 0.6 is 11.6 Å². The number of nitriles is 1. The summed E-state index contributed by atoms with van der Waals surface area (Å²) in [4.78, 5) is 18.0. The zero-order chi connectivity index (χ0) is 13.3. The summed E-state index contributed by atoms with van der Waals surface area (Å²) >= 11 is 5.79. The zero-order valence-electron chi connectivity index (χ0n) is 10.4. The van der Waals surface area contributed by atoms with E-state index in [1.165, 1.54) is 12.3 Å². The van der Waals surface area contributed by atoms with Crippen LogP contribution in [0.5, 0.6) is 0 Å². The third-order valence-corrected chi connectivity index (χ3v) is 3.19. The number of aromatic nitrogens is 1. The Morgan fingerprint density at radius 1 is 1.61 bits per heavy atom. The van der Waals surface area contributed by atoms with Crippen molar-refractivity contribution in [1.29, 1.82) is 5.26 Å². The fraction of sp³-hybridized carbons (Fsp3) is 0.462. The Labute approximate surface area is 111 Å². The molecule has 0 bridgehead atoms. The number of hydrogen-bond acceptors (Lipinski definition) is 3. The molecule has 1 heterocycles. The summed E-state index contributed by atoms with van der Waals surface area (Å²) in [5.41, 5.74) is -0.334. The van der Waals surface area contributed by atoms with E-state index in [0.29, 0.717) is 5.56 Å². The Bertz CT molecular complexity index is 517. The van der Waals surface area contributed by atoms with Crippen molar-refractivity contribution in [1.82, 2.24) is 9.88 Å². The average molecular weight is 264 g/mol. The molecule has 0 saturated heterocycles. The molecule has 1 amide bonds. The van der Waals surface area contributed by atoms with Crippen LogP contribution in [-0.2, 0) is 0 Å². The van der Waals surface area contributed by atoms with Gasteiger partial charge >= 0.3 is 0 Å². The number of pyridine rings is 1. The predicted molar refractivity (Wildman–Crippen MR) is 68.1 cm³/mol. The van der Waals surface area contributed by atoms with Gasteiger partial charge in [0.1, 0.15) is 10.7 Å². The van der Waals surface area contributed by atoms with Crippen molar-refractivity contribution in [3.05, 3.63) is 29.0 Å². The summed E-state index contributed by atoms with van der Waals surface area (Å²) in [6.07, 6.45) is 3.41. The number of carbonyl (C=O) groups excluding carboxylic acids is 1. The summed E-state index contributed by atoms with van der Waals surface area (Å²) in [5, 5.41) is 9.49. The Kier molecular flexibility index (Phi) is 3.27. The largest absolute Gasteiger partial charge is 0.317 e. The van der Waals surface area contributed by atoms with Crippen LogP contribution in [0, 0.1) is 11.3 Å². The van der Waals surface area contributed by atoms with E-state index in [9.17, 15) is 10.1 Å². The van der Waals surface area contributed by atoms with Crippen molar-refractivity contribution in [3.63, 3.8) is 0 Å². The maximum Gasteiger partial charge on any atom is 0.255 e. The minimum atomic E-state index is -0.812. The molecule has 1 aromatic heterocycles. The SMILES string of the molecule is CC(C)(C#N)N(C(=O)c1ccnc(Cl)c1)C1CC1. The third kappa shape index (κ3) is 2.46. The molecular formula is C13H14ClN3O. The number of carbonyl (C=O) groups is 1. The highest BCUT2D eigenvalue weighted by Crippen LogP contribution is 2.34. The van der Waals surface area contributed by atoms with Crippen LogP contribution in [0.25, 0.3) is 0 Å². The zero-order valence-corrected chi connectivity index (χ0v) is 11.1. The molecule has 1 fully saturated rings. The first-order chi connectivity index (χ1) is 8.45. The van der Waals surface area contributed by atoms with Gasteiger partial charge in [-0.3, -0.25) is 4.79 Å². The molecule has 1 aromatic rings. The molecule has 94 valence electrons. The summed E-state index contributed by atoms with van der Waals surface area (Å²) in [6, 6.07) is 5.51. The molecule has 0 unspecified atom stereocenters. The quantitative estimate of drug-likeness (QED) is 0.788. The first-order valence-electron chi connectivity index (χ1n) is 5.82. The van der Waals surface area contributed by atoms with Crippen molar-refractivity contribution in [2.45, 2.75) is 38.3 Å². The molecule has 0 aliphatic heterocycles. The lowest BCUT2D eigenvalue weighted by atomic mass is 10.0. The van der Waals surface area contributed by atoms with E-state index in [-0.39, 0.29) is 17.1 Å². The van der Waals surface area contributed by atoms with Crippen molar-refractivity contribution in [2.24, 2.45) is 0 Å². The standard InChI is InChI=1S/C13H14ClN3O/c1-13(2,8-15)17(10-3-4-10)12(18)9-5-6-16-11(14)7-9/h5-7,10H,3-4H2,1-2H3. The van der Waals surface area contributed by atoms with Gasteiger partial charge in [0.2, 0.25) is 0 Å². The van der Waals surface area contributed by atoms with Gasteiger partial charge in [-0.25, -0.2) is 4.98 Å².